The monoisotopic (exact) mass is 400 g/mol. The van der Waals surface area contributed by atoms with Crippen molar-refractivity contribution < 1.29 is 23.7 Å². The fourth-order valence-corrected chi connectivity index (χ4v) is 3.21. The number of anilines is 2. The number of nitrogens with one attached hydrogen (secondary N) is 1. The number of methoxy groups -OCH3 is 3. The highest BCUT2D eigenvalue weighted by Crippen LogP contribution is 2.38. The van der Waals surface area contributed by atoms with E-state index in [0.29, 0.717) is 28.5 Å². The Morgan fingerprint density at radius 3 is 2.32 bits per heavy atom. The van der Waals surface area contributed by atoms with Crippen molar-refractivity contribution in [3.8, 4) is 17.2 Å². The zero-order chi connectivity index (χ0) is 19.9. The number of hydrogen-bond acceptors (Lipinski definition) is 8. The van der Waals surface area contributed by atoms with Crippen LogP contribution >= 0.6 is 11.3 Å². The Balaban J connectivity index is 1.66. The Morgan fingerprint density at radius 2 is 1.71 bits per heavy atom. The molecule has 3 rings (SSSR count). The highest BCUT2D eigenvalue weighted by atomic mass is 32.1. The summed E-state index contributed by atoms with van der Waals surface area (Å²) in [6.07, 6.45) is 0. The molecular formula is C20H20N2O5S. The summed E-state index contributed by atoms with van der Waals surface area (Å²) in [5.41, 5.74) is 1.90. The molecule has 0 radical (unpaired) electrons. The lowest BCUT2D eigenvalue weighted by molar-refractivity contribution is 0.0467. The minimum Gasteiger partial charge on any atom is -0.493 e. The number of carbonyl (C=O) groups excluding carboxylic acids is 1. The summed E-state index contributed by atoms with van der Waals surface area (Å²) < 4.78 is 21.2. The van der Waals surface area contributed by atoms with Crippen molar-refractivity contribution in [2.24, 2.45) is 0 Å². The molecular weight excluding hydrogens is 380 g/mol. The predicted molar refractivity (Wildman–Crippen MR) is 107 cm³/mol. The molecule has 0 saturated heterocycles. The van der Waals surface area contributed by atoms with E-state index in [1.54, 1.807) is 12.1 Å². The number of hydrogen-bond donors (Lipinski definition) is 1. The first-order valence-electron chi connectivity index (χ1n) is 8.38. The standard InChI is InChI=1S/C20H20N2O5S/c1-24-16-9-13(10-17(25-2)18(16)26-3)19(23)27-11-15-12-28-20(22-15)21-14-7-5-4-6-8-14/h4-10,12H,11H2,1-3H3,(H,21,22). The van der Waals surface area contributed by atoms with Gasteiger partial charge < -0.3 is 24.3 Å². The van der Waals surface area contributed by atoms with E-state index in [2.05, 4.69) is 10.3 Å². The molecule has 3 aromatic rings. The summed E-state index contributed by atoms with van der Waals surface area (Å²) in [5, 5.41) is 5.77. The van der Waals surface area contributed by atoms with Crippen LogP contribution in [0.3, 0.4) is 0 Å². The topological polar surface area (TPSA) is 78.9 Å². The number of carbonyl (C=O) groups is 1. The average Bonchev–Trinajstić information content (AvgIpc) is 3.18. The van der Waals surface area contributed by atoms with Crippen molar-refractivity contribution in [2.45, 2.75) is 6.61 Å². The number of para-hydroxylation sites is 1. The lowest BCUT2D eigenvalue weighted by atomic mass is 10.2. The minimum absolute atomic E-state index is 0.0580. The van der Waals surface area contributed by atoms with Gasteiger partial charge in [-0.2, -0.15) is 0 Å². The molecule has 0 aliphatic rings. The summed E-state index contributed by atoms with van der Waals surface area (Å²) >= 11 is 1.44. The highest BCUT2D eigenvalue weighted by Gasteiger charge is 2.18. The second-order valence-electron chi connectivity index (χ2n) is 5.63. The molecule has 1 N–H and O–H groups in total. The Hall–Kier alpha value is -3.26. The van der Waals surface area contributed by atoms with E-state index < -0.39 is 5.97 Å². The van der Waals surface area contributed by atoms with E-state index in [4.69, 9.17) is 18.9 Å². The van der Waals surface area contributed by atoms with Crippen molar-refractivity contribution in [3.05, 3.63) is 59.1 Å². The highest BCUT2D eigenvalue weighted by molar-refractivity contribution is 7.13. The summed E-state index contributed by atoms with van der Waals surface area (Å²) in [6.45, 7) is 0.0580. The SMILES string of the molecule is COc1cc(C(=O)OCc2csc(Nc3ccccc3)n2)cc(OC)c1OC. The molecule has 146 valence electrons. The molecule has 0 aliphatic heterocycles. The van der Waals surface area contributed by atoms with Crippen LogP contribution < -0.4 is 19.5 Å². The molecule has 0 fully saturated rings. The van der Waals surface area contributed by atoms with Gasteiger partial charge in [-0.25, -0.2) is 9.78 Å². The first-order valence-corrected chi connectivity index (χ1v) is 9.26. The molecule has 2 aromatic carbocycles. The average molecular weight is 400 g/mol. The van der Waals surface area contributed by atoms with Crippen molar-refractivity contribution in [1.82, 2.24) is 4.98 Å². The molecule has 0 spiro atoms. The van der Waals surface area contributed by atoms with Crippen LogP contribution in [0.15, 0.2) is 47.8 Å². The number of nitrogens with zero attached hydrogens (tertiary/aromatic N) is 1. The summed E-state index contributed by atoms with van der Waals surface area (Å²) in [5.74, 6) is 0.677. The molecule has 1 heterocycles. The molecule has 0 saturated carbocycles. The van der Waals surface area contributed by atoms with Gasteiger partial charge in [-0.3, -0.25) is 0 Å². The number of ether oxygens (including phenoxy) is 4. The third-order valence-corrected chi connectivity index (χ3v) is 4.63. The van der Waals surface area contributed by atoms with E-state index in [1.165, 1.54) is 32.7 Å². The van der Waals surface area contributed by atoms with Gasteiger partial charge in [0, 0.05) is 11.1 Å². The third-order valence-electron chi connectivity index (χ3n) is 3.83. The van der Waals surface area contributed by atoms with Gasteiger partial charge in [-0.05, 0) is 24.3 Å². The normalized spacial score (nSPS) is 10.2. The zero-order valence-electron chi connectivity index (χ0n) is 15.7. The molecule has 0 amide bonds. The third kappa shape index (κ3) is 4.52. The molecule has 0 unspecified atom stereocenters. The fraction of sp³-hybridized carbons (Fsp3) is 0.200. The van der Waals surface area contributed by atoms with Gasteiger partial charge in [0.15, 0.2) is 16.6 Å². The summed E-state index contributed by atoms with van der Waals surface area (Å²) in [7, 11) is 4.48. The van der Waals surface area contributed by atoms with Crippen LogP contribution in [0.4, 0.5) is 10.8 Å². The van der Waals surface area contributed by atoms with E-state index >= 15 is 0 Å². The van der Waals surface area contributed by atoms with E-state index in [1.807, 2.05) is 35.7 Å². The van der Waals surface area contributed by atoms with Gasteiger partial charge in [-0.1, -0.05) is 18.2 Å². The molecule has 0 atom stereocenters. The quantitative estimate of drug-likeness (QED) is 0.566. The van der Waals surface area contributed by atoms with E-state index in [9.17, 15) is 4.79 Å². The second-order valence-corrected chi connectivity index (χ2v) is 6.48. The largest absolute Gasteiger partial charge is 0.493 e. The van der Waals surface area contributed by atoms with E-state index in [-0.39, 0.29) is 6.61 Å². The first kappa shape index (κ1) is 19.5. The molecule has 7 nitrogen and oxygen atoms in total. The lowest BCUT2D eigenvalue weighted by Gasteiger charge is -2.13. The maximum Gasteiger partial charge on any atom is 0.338 e. The van der Waals surface area contributed by atoms with Crippen LogP contribution in [0.25, 0.3) is 0 Å². The number of benzene rings is 2. The molecule has 0 bridgehead atoms. The van der Waals surface area contributed by atoms with Gasteiger partial charge in [0.2, 0.25) is 5.75 Å². The van der Waals surface area contributed by atoms with Crippen LogP contribution in [0.1, 0.15) is 16.1 Å². The Kier molecular flexibility index (Phi) is 6.33. The predicted octanol–water partition coefficient (Wildman–Crippen LogP) is 4.27. The minimum atomic E-state index is -0.509. The van der Waals surface area contributed by atoms with Gasteiger partial charge in [0.05, 0.1) is 32.6 Å². The van der Waals surface area contributed by atoms with Crippen molar-refractivity contribution in [3.63, 3.8) is 0 Å². The Bertz CT molecular complexity index is 918. The van der Waals surface area contributed by atoms with Gasteiger partial charge in [0.1, 0.15) is 6.61 Å². The van der Waals surface area contributed by atoms with Crippen molar-refractivity contribution in [1.29, 1.82) is 0 Å². The molecule has 0 aliphatic carbocycles. The van der Waals surface area contributed by atoms with E-state index in [0.717, 1.165) is 10.8 Å². The number of aromatic nitrogens is 1. The number of thiazole rings is 1. The van der Waals surface area contributed by atoms with Crippen LogP contribution in [0, 0.1) is 0 Å². The van der Waals surface area contributed by atoms with Crippen LogP contribution in [-0.4, -0.2) is 32.3 Å². The Morgan fingerprint density at radius 1 is 1.04 bits per heavy atom. The molecule has 1 aromatic heterocycles. The van der Waals surface area contributed by atoms with Gasteiger partial charge >= 0.3 is 5.97 Å². The summed E-state index contributed by atoms with van der Waals surface area (Å²) in [4.78, 5) is 16.9. The van der Waals surface area contributed by atoms with Crippen LogP contribution in [-0.2, 0) is 11.3 Å². The molecule has 8 heteroatoms. The maximum atomic E-state index is 12.4. The number of esters is 1. The Labute approximate surface area is 166 Å². The lowest BCUT2D eigenvalue weighted by Crippen LogP contribution is -2.07. The van der Waals surface area contributed by atoms with Crippen LogP contribution in [0.5, 0.6) is 17.2 Å². The molecule has 28 heavy (non-hydrogen) atoms. The summed E-state index contributed by atoms with van der Waals surface area (Å²) in [6, 6.07) is 12.8. The zero-order valence-corrected chi connectivity index (χ0v) is 16.5. The van der Waals surface area contributed by atoms with Gasteiger partial charge in [0.25, 0.3) is 0 Å². The second kappa shape index (κ2) is 9.09. The smallest absolute Gasteiger partial charge is 0.338 e. The fourth-order valence-electron chi connectivity index (χ4n) is 2.50. The van der Waals surface area contributed by atoms with Crippen LogP contribution in [0.2, 0.25) is 0 Å². The van der Waals surface area contributed by atoms with Crippen molar-refractivity contribution >= 4 is 28.1 Å². The van der Waals surface area contributed by atoms with Crippen molar-refractivity contribution in [2.75, 3.05) is 26.6 Å². The maximum absolute atomic E-state index is 12.4. The van der Waals surface area contributed by atoms with Gasteiger partial charge in [-0.15, -0.1) is 11.3 Å². The number of rotatable bonds is 8. The first-order chi connectivity index (χ1) is 13.6.